The molecule has 1 aromatic rings. The number of hydrogen-bond donors (Lipinski definition) is 1. The fraction of sp³-hybridized carbons (Fsp3) is 0.333. The summed E-state index contributed by atoms with van der Waals surface area (Å²) in [6.45, 7) is 1.38. The largest absolute Gasteiger partial charge is 0.310 e. The van der Waals surface area contributed by atoms with Crippen LogP contribution >= 0.6 is 0 Å². The van der Waals surface area contributed by atoms with Gasteiger partial charge in [-0.25, -0.2) is 15.1 Å². The molecule has 0 saturated carbocycles. The molecule has 0 radical (unpaired) electrons. The van der Waals surface area contributed by atoms with Gasteiger partial charge in [-0.05, 0) is 11.6 Å². The summed E-state index contributed by atoms with van der Waals surface area (Å²) in [7, 11) is -3.64. The van der Waals surface area contributed by atoms with Gasteiger partial charge < -0.3 is 4.90 Å². The standard InChI is InChI=1S/C12H15N5O2S/c13-20(18,19)16-8-4-11-10(9-16)3-1-7-17(11)12-14-5-2-6-15-12/h1-3,5-6H,4,7-9H2,(H2,13,18,19). The van der Waals surface area contributed by atoms with Crippen LogP contribution < -0.4 is 10.0 Å². The molecule has 0 aliphatic carbocycles. The second-order valence-electron chi connectivity index (χ2n) is 4.66. The van der Waals surface area contributed by atoms with Crippen LogP contribution in [0.15, 0.2) is 41.9 Å². The maximum atomic E-state index is 11.4. The highest BCUT2D eigenvalue weighted by atomic mass is 32.2. The first kappa shape index (κ1) is 13.2. The van der Waals surface area contributed by atoms with E-state index in [1.807, 2.05) is 17.1 Å². The van der Waals surface area contributed by atoms with Crippen LogP contribution in [0.1, 0.15) is 6.42 Å². The lowest BCUT2D eigenvalue weighted by Gasteiger charge is -2.35. The number of rotatable bonds is 2. The molecule has 0 saturated heterocycles. The molecule has 0 atom stereocenters. The molecule has 0 fully saturated rings. The van der Waals surface area contributed by atoms with Crippen molar-refractivity contribution >= 4 is 16.2 Å². The minimum absolute atomic E-state index is 0.300. The van der Waals surface area contributed by atoms with E-state index in [1.54, 1.807) is 18.5 Å². The number of nitrogens with zero attached hydrogens (tertiary/aromatic N) is 4. The van der Waals surface area contributed by atoms with Crippen molar-refractivity contribution in [1.29, 1.82) is 0 Å². The van der Waals surface area contributed by atoms with Crippen molar-refractivity contribution in [2.45, 2.75) is 6.42 Å². The van der Waals surface area contributed by atoms with Gasteiger partial charge in [0.15, 0.2) is 0 Å². The van der Waals surface area contributed by atoms with Crippen molar-refractivity contribution < 1.29 is 8.42 Å². The van der Waals surface area contributed by atoms with Gasteiger partial charge in [-0.2, -0.15) is 12.7 Å². The van der Waals surface area contributed by atoms with E-state index in [0.717, 1.165) is 11.3 Å². The van der Waals surface area contributed by atoms with Gasteiger partial charge in [0.25, 0.3) is 10.2 Å². The number of aromatic nitrogens is 2. The maximum absolute atomic E-state index is 11.4. The molecule has 8 heteroatoms. The summed E-state index contributed by atoms with van der Waals surface area (Å²) in [5.74, 6) is 0.633. The molecular formula is C12H15N5O2S. The summed E-state index contributed by atoms with van der Waals surface area (Å²) < 4.78 is 24.1. The molecule has 3 rings (SSSR count). The predicted octanol–water partition coefficient (Wildman–Crippen LogP) is 0.0161. The van der Waals surface area contributed by atoms with Crippen molar-refractivity contribution in [2.75, 3.05) is 24.5 Å². The predicted molar refractivity (Wildman–Crippen MR) is 74.8 cm³/mol. The summed E-state index contributed by atoms with van der Waals surface area (Å²) in [5.41, 5.74) is 2.02. The topological polar surface area (TPSA) is 92.4 Å². The SMILES string of the molecule is NS(=O)(=O)N1CCC2=C(C=CCN2c2ncccn2)C1. The first-order valence-corrected chi connectivity index (χ1v) is 7.77. The number of hydrogen-bond acceptors (Lipinski definition) is 5. The van der Waals surface area contributed by atoms with Gasteiger partial charge in [0.05, 0.1) is 0 Å². The number of nitrogens with two attached hydrogens (primary N) is 1. The van der Waals surface area contributed by atoms with Crippen molar-refractivity contribution in [3.05, 3.63) is 41.9 Å². The maximum Gasteiger partial charge on any atom is 0.277 e. The van der Waals surface area contributed by atoms with Gasteiger partial charge in [0, 0.05) is 44.1 Å². The fourth-order valence-electron chi connectivity index (χ4n) is 2.47. The van der Waals surface area contributed by atoms with Crippen LogP contribution in [-0.2, 0) is 10.2 Å². The molecule has 0 amide bonds. The van der Waals surface area contributed by atoms with Gasteiger partial charge in [0.2, 0.25) is 5.95 Å². The van der Waals surface area contributed by atoms with E-state index < -0.39 is 10.2 Å². The zero-order chi connectivity index (χ0) is 14.2. The Morgan fingerprint density at radius 3 is 2.70 bits per heavy atom. The first-order valence-electron chi connectivity index (χ1n) is 6.27. The molecule has 0 aromatic carbocycles. The highest BCUT2D eigenvalue weighted by Gasteiger charge is 2.29. The van der Waals surface area contributed by atoms with Gasteiger partial charge >= 0.3 is 0 Å². The zero-order valence-corrected chi connectivity index (χ0v) is 11.6. The Kier molecular flexibility index (Phi) is 3.28. The van der Waals surface area contributed by atoms with Crippen LogP contribution in [0.4, 0.5) is 5.95 Å². The van der Waals surface area contributed by atoms with Crippen LogP contribution in [0.5, 0.6) is 0 Å². The normalized spacial score (nSPS) is 20.1. The highest BCUT2D eigenvalue weighted by Crippen LogP contribution is 2.28. The van der Waals surface area contributed by atoms with Gasteiger partial charge in [-0.15, -0.1) is 0 Å². The molecule has 1 aromatic heterocycles. The smallest absolute Gasteiger partial charge is 0.277 e. The Hall–Kier alpha value is -1.77. The van der Waals surface area contributed by atoms with E-state index in [2.05, 4.69) is 9.97 Å². The Labute approximate surface area is 117 Å². The van der Waals surface area contributed by atoms with Crippen molar-refractivity contribution in [1.82, 2.24) is 14.3 Å². The third-order valence-corrected chi connectivity index (χ3v) is 4.43. The molecule has 3 heterocycles. The van der Waals surface area contributed by atoms with E-state index in [-0.39, 0.29) is 0 Å². The quantitative estimate of drug-likeness (QED) is 0.829. The molecular weight excluding hydrogens is 278 g/mol. The van der Waals surface area contributed by atoms with Crippen molar-refractivity contribution in [2.24, 2.45) is 5.14 Å². The molecule has 106 valence electrons. The van der Waals surface area contributed by atoms with E-state index in [9.17, 15) is 8.42 Å². The fourth-order valence-corrected chi connectivity index (χ4v) is 3.13. The monoisotopic (exact) mass is 293 g/mol. The van der Waals surface area contributed by atoms with Crippen LogP contribution in [0.25, 0.3) is 0 Å². The molecule has 20 heavy (non-hydrogen) atoms. The lowest BCUT2D eigenvalue weighted by atomic mass is 10.0. The first-order chi connectivity index (χ1) is 9.55. The average molecular weight is 293 g/mol. The average Bonchev–Trinajstić information content (AvgIpc) is 2.46. The van der Waals surface area contributed by atoms with Gasteiger partial charge in [0.1, 0.15) is 0 Å². The second kappa shape index (κ2) is 4.97. The summed E-state index contributed by atoms with van der Waals surface area (Å²) in [5, 5.41) is 5.19. The van der Waals surface area contributed by atoms with Crippen molar-refractivity contribution in [3.63, 3.8) is 0 Å². The van der Waals surface area contributed by atoms with E-state index in [4.69, 9.17) is 5.14 Å². The summed E-state index contributed by atoms with van der Waals surface area (Å²) in [6.07, 6.45) is 7.92. The summed E-state index contributed by atoms with van der Waals surface area (Å²) in [6, 6.07) is 1.77. The molecule has 0 bridgehead atoms. The Bertz CT molecular complexity index is 668. The van der Waals surface area contributed by atoms with E-state index in [1.165, 1.54) is 4.31 Å². The lowest BCUT2D eigenvalue weighted by Crippen LogP contribution is -2.44. The molecule has 7 nitrogen and oxygen atoms in total. The summed E-state index contributed by atoms with van der Waals surface area (Å²) >= 11 is 0. The van der Waals surface area contributed by atoms with E-state index in [0.29, 0.717) is 32.0 Å². The highest BCUT2D eigenvalue weighted by molar-refractivity contribution is 7.86. The molecule has 2 aliphatic heterocycles. The third kappa shape index (κ3) is 2.45. The van der Waals surface area contributed by atoms with E-state index >= 15 is 0 Å². The minimum Gasteiger partial charge on any atom is -0.310 e. The zero-order valence-electron chi connectivity index (χ0n) is 10.8. The second-order valence-corrected chi connectivity index (χ2v) is 6.21. The van der Waals surface area contributed by atoms with Crippen LogP contribution in [0, 0.1) is 0 Å². The van der Waals surface area contributed by atoms with Crippen LogP contribution in [-0.4, -0.2) is 42.3 Å². The number of anilines is 1. The summed E-state index contributed by atoms with van der Waals surface area (Å²) in [4.78, 5) is 10.5. The van der Waals surface area contributed by atoms with Crippen LogP contribution in [0.2, 0.25) is 0 Å². The molecule has 2 aliphatic rings. The molecule has 0 unspecified atom stereocenters. The minimum atomic E-state index is -3.64. The lowest BCUT2D eigenvalue weighted by molar-refractivity contribution is 0.420. The van der Waals surface area contributed by atoms with Crippen LogP contribution in [0.3, 0.4) is 0 Å². The Morgan fingerprint density at radius 1 is 1.25 bits per heavy atom. The Balaban J connectivity index is 1.92. The Morgan fingerprint density at radius 2 is 2.00 bits per heavy atom. The van der Waals surface area contributed by atoms with Crippen molar-refractivity contribution in [3.8, 4) is 0 Å². The van der Waals surface area contributed by atoms with Gasteiger partial charge in [-0.3, -0.25) is 0 Å². The third-order valence-electron chi connectivity index (χ3n) is 3.40. The van der Waals surface area contributed by atoms with Gasteiger partial charge in [-0.1, -0.05) is 12.2 Å². The molecule has 2 N–H and O–H groups in total. The molecule has 0 spiro atoms.